The lowest BCUT2D eigenvalue weighted by Gasteiger charge is -2.09. The molecule has 8 heteroatoms. The van der Waals surface area contributed by atoms with Crippen LogP contribution in [0.2, 0.25) is 0 Å². The molecule has 1 aliphatic rings. The molecule has 1 fully saturated rings. The number of benzene rings is 1. The summed E-state index contributed by atoms with van der Waals surface area (Å²) in [7, 11) is 3.74. The molecule has 6 nitrogen and oxygen atoms in total. The Hall–Kier alpha value is -3.29. The Kier molecular flexibility index (Phi) is 5.48. The fourth-order valence-corrected chi connectivity index (χ4v) is 3.28. The maximum atomic E-state index is 13.4. The van der Waals surface area contributed by atoms with E-state index >= 15 is 0 Å². The molecule has 0 unspecified atom stereocenters. The number of rotatable bonds is 7. The highest BCUT2D eigenvalue weighted by atomic mass is 19.1. The fourth-order valence-electron chi connectivity index (χ4n) is 3.28. The normalized spacial score (nSPS) is 13.3. The molecule has 1 saturated carbocycles. The molecule has 4 rings (SSSR count). The number of carbonyl (C=O) groups is 1. The third kappa shape index (κ3) is 4.64. The van der Waals surface area contributed by atoms with E-state index in [1.807, 2.05) is 29.8 Å². The molecule has 2 aromatic heterocycles. The third-order valence-corrected chi connectivity index (χ3v) is 5.03. The average molecular weight is 411 g/mol. The van der Waals surface area contributed by atoms with Crippen LogP contribution in [0.5, 0.6) is 0 Å². The molecule has 30 heavy (non-hydrogen) atoms. The molecule has 1 aliphatic carbocycles. The fraction of sp³-hybridized carbons (Fsp3) is 0.318. The third-order valence-electron chi connectivity index (χ3n) is 5.03. The topological polar surface area (TPSA) is 63.1 Å². The molecular formula is C22H23F2N5O. The van der Waals surface area contributed by atoms with Crippen molar-refractivity contribution in [3.8, 4) is 11.1 Å². The molecule has 3 aromatic rings. The van der Waals surface area contributed by atoms with Gasteiger partial charge in [0.1, 0.15) is 17.3 Å². The summed E-state index contributed by atoms with van der Waals surface area (Å²) < 4.78 is 28.7. The van der Waals surface area contributed by atoms with Gasteiger partial charge < -0.3 is 14.8 Å². The van der Waals surface area contributed by atoms with Crippen molar-refractivity contribution in [3.05, 3.63) is 65.7 Å². The monoisotopic (exact) mass is 411 g/mol. The van der Waals surface area contributed by atoms with Crippen LogP contribution in [0.15, 0.2) is 42.9 Å². The zero-order chi connectivity index (χ0) is 21.3. The SMILES string of the molecule is CN(C)c1ncc(-c2cc(C(=O)NCc3cc(F)cc(F)c3)n(CC3CC3)c2)cn1. The van der Waals surface area contributed by atoms with E-state index in [1.54, 1.807) is 18.5 Å². The van der Waals surface area contributed by atoms with Gasteiger partial charge in [-0.3, -0.25) is 4.79 Å². The van der Waals surface area contributed by atoms with Gasteiger partial charge >= 0.3 is 0 Å². The molecular weight excluding hydrogens is 388 g/mol. The molecule has 0 atom stereocenters. The summed E-state index contributed by atoms with van der Waals surface area (Å²) in [5.41, 5.74) is 2.54. The van der Waals surface area contributed by atoms with Crippen LogP contribution in [0.4, 0.5) is 14.7 Å². The van der Waals surface area contributed by atoms with Gasteiger partial charge in [0.05, 0.1) is 0 Å². The first-order chi connectivity index (χ1) is 14.4. The minimum absolute atomic E-state index is 0.0398. The van der Waals surface area contributed by atoms with E-state index in [1.165, 1.54) is 12.1 Å². The van der Waals surface area contributed by atoms with Gasteiger partial charge in [-0.05, 0) is 42.5 Å². The van der Waals surface area contributed by atoms with Crippen molar-refractivity contribution in [2.24, 2.45) is 5.92 Å². The van der Waals surface area contributed by atoms with Crippen molar-refractivity contribution in [1.82, 2.24) is 19.9 Å². The van der Waals surface area contributed by atoms with Crippen LogP contribution >= 0.6 is 0 Å². The smallest absolute Gasteiger partial charge is 0.268 e. The van der Waals surface area contributed by atoms with E-state index in [4.69, 9.17) is 0 Å². The maximum absolute atomic E-state index is 13.4. The van der Waals surface area contributed by atoms with Crippen LogP contribution in [0.1, 0.15) is 28.9 Å². The number of anilines is 1. The molecule has 0 spiro atoms. The highest BCUT2D eigenvalue weighted by Gasteiger charge is 2.24. The van der Waals surface area contributed by atoms with Gasteiger partial charge in [0.15, 0.2) is 0 Å². The highest BCUT2D eigenvalue weighted by molar-refractivity contribution is 5.94. The van der Waals surface area contributed by atoms with Crippen LogP contribution in [-0.2, 0) is 13.1 Å². The predicted octanol–water partition coefficient (Wildman–Crippen LogP) is 3.63. The number of halogens is 2. The molecule has 0 aliphatic heterocycles. The second-order valence-corrected chi connectivity index (χ2v) is 7.84. The van der Waals surface area contributed by atoms with Gasteiger partial charge in [0, 0.05) is 63.0 Å². The lowest BCUT2D eigenvalue weighted by atomic mass is 10.2. The lowest BCUT2D eigenvalue weighted by Crippen LogP contribution is -2.25. The molecule has 1 aromatic carbocycles. The minimum atomic E-state index is -0.667. The lowest BCUT2D eigenvalue weighted by molar-refractivity contribution is 0.0941. The van der Waals surface area contributed by atoms with Crippen molar-refractivity contribution in [2.45, 2.75) is 25.9 Å². The quantitative estimate of drug-likeness (QED) is 0.645. The van der Waals surface area contributed by atoms with E-state index in [9.17, 15) is 13.6 Å². The first-order valence-corrected chi connectivity index (χ1v) is 9.82. The summed E-state index contributed by atoms with van der Waals surface area (Å²) in [5, 5.41) is 2.76. The van der Waals surface area contributed by atoms with E-state index in [0.717, 1.165) is 36.6 Å². The molecule has 0 bridgehead atoms. The van der Waals surface area contributed by atoms with E-state index in [0.29, 0.717) is 23.1 Å². The first kappa shape index (κ1) is 20.0. The molecule has 0 radical (unpaired) electrons. The van der Waals surface area contributed by atoms with Gasteiger partial charge in [-0.15, -0.1) is 0 Å². The maximum Gasteiger partial charge on any atom is 0.268 e. The van der Waals surface area contributed by atoms with Crippen LogP contribution in [0, 0.1) is 17.6 Å². The van der Waals surface area contributed by atoms with Crippen LogP contribution in [0.25, 0.3) is 11.1 Å². The number of hydrogen-bond donors (Lipinski definition) is 1. The Balaban J connectivity index is 1.55. The molecule has 1 amide bonds. The second kappa shape index (κ2) is 8.22. The Bertz CT molecular complexity index is 1040. The number of hydrogen-bond acceptors (Lipinski definition) is 4. The van der Waals surface area contributed by atoms with Crippen LogP contribution in [0.3, 0.4) is 0 Å². The number of carbonyl (C=O) groups excluding carboxylic acids is 1. The Morgan fingerprint density at radius 3 is 2.37 bits per heavy atom. The standard InChI is InChI=1S/C22H23F2N5O/c1-28(2)22-26-10-17(11-27-22)16-7-20(29(13-16)12-14-3-4-14)21(30)25-9-15-5-18(23)8-19(24)6-15/h5-8,10-11,13-14H,3-4,9,12H2,1-2H3,(H,25,30). The van der Waals surface area contributed by atoms with Crippen LogP contribution < -0.4 is 10.2 Å². The average Bonchev–Trinajstić information content (AvgIpc) is 3.42. The summed E-state index contributed by atoms with van der Waals surface area (Å²) in [6.45, 7) is 0.798. The Labute approximate surface area is 173 Å². The zero-order valence-electron chi connectivity index (χ0n) is 16.9. The minimum Gasteiger partial charge on any atom is -0.347 e. The van der Waals surface area contributed by atoms with E-state index in [-0.39, 0.29) is 12.5 Å². The molecule has 2 heterocycles. The van der Waals surface area contributed by atoms with Gasteiger partial charge in [-0.1, -0.05) is 0 Å². The first-order valence-electron chi connectivity index (χ1n) is 9.82. The molecule has 1 N–H and O–H groups in total. The summed E-state index contributed by atoms with van der Waals surface area (Å²) in [6, 6.07) is 5.03. The summed E-state index contributed by atoms with van der Waals surface area (Å²) in [4.78, 5) is 23.3. The predicted molar refractivity (Wildman–Crippen MR) is 110 cm³/mol. The number of nitrogens with one attached hydrogen (secondary N) is 1. The van der Waals surface area contributed by atoms with Crippen molar-refractivity contribution in [3.63, 3.8) is 0 Å². The Morgan fingerprint density at radius 2 is 1.77 bits per heavy atom. The summed E-state index contributed by atoms with van der Waals surface area (Å²) in [6.07, 6.45) is 7.70. The Morgan fingerprint density at radius 1 is 1.10 bits per heavy atom. The van der Waals surface area contributed by atoms with Crippen molar-refractivity contribution in [1.29, 1.82) is 0 Å². The van der Waals surface area contributed by atoms with Crippen molar-refractivity contribution in [2.75, 3.05) is 19.0 Å². The zero-order valence-corrected chi connectivity index (χ0v) is 16.9. The highest BCUT2D eigenvalue weighted by Crippen LogP contribution is 2.32. The largest absolute Gasteiger partial charge is 0.347 e. The van der Waals surface area contributed by atoms with Gasteiger partial charge in [-0.2, -0.15) is 0 Å². The summed E-state index contributed by atoms with van der Waals surface area (Å²) in [5.74, 6) is -0.449. The van der Waals surface area contributed by atoms with Gasteiger partial charge in [0.2, 0.25) is 5.95 Å². The van der Waals surface area contributed by atoms with Crippen molar-refractivity contribution >= 4 is 11.9 Å². The van der Waals surface area contributed by atoms with Gasteiger partial charge in [0.25, 0.3) is 5.91 Å². The molecule has 0 saturated heterocycles. The van der Waals surface area contributed by atoms with E-state index in [2.05, 4.69) is 15.3 Å². The van der Waals surface area contributed by atoms with E-state index < -0.39 is 11.6 Å². The molecule has 156 valence electrons. The summed E-state index contributed by atoms with van der Waals surface area (Å²) >= 11 is 0. The van der Waals surface area contributed by atoms with Gasteiger partial charge in [-0.25, -0.2) is 18.7 Å². The number of amides is 1. The number of aromatic nitrogens is 3. The number of nitrogens with zero attached hydrogens (tertiary/aromatic N) is 4. The second-order valence-electron chi connectivity index (χ2n) is 7.84. The van der Waals surface area contributed by atoms with Crippen molar-refractivity contribution < 1.29 is 13.6 Å². The van der Waals surface area contributed by atoms with Crippen LogP contribution in [-0.4, -0.2) is 34.5 Å².